The van der Waals surface area contributed by atoms with Crippen molar-refractivity contribution in [2.24, 2.45) is 0 Å². The van der Waals surface area contributed by atoms with Crippen LogP contribution in [-0.2, 0) is 11.8 Å². The van der Waals surface area contributed by atoms with Gasteiger partial charge in [0.15, 0.2) is 0 Å². The second-order valence-electron chi connectivity index (χ2n) is 16.5. The average molecular weight is 853 g/mol. The predicted molar refractivity (Wildman–Crippen MR) is 282 cm³/mol. The largest absolute Gasteiger partial charge is 0.456 e. The van der Waals surface area contributed by atoms with E-state index in [1.807, 2.05) is 51.3 Å². The number of fused-ring (bicyclic) bond motifs is 1. The van der Waals surface area contributed by atoms with Gasteiger partial charge in [-0.2, -0.15) is 0 Å². The van der Waals surface area contributed by atoms with Crippen molar-refractivity contribution >= 4 is 28.4 Å². The summed E-state index contributed by atoms with van der Waals surface area (Å²) in [5.74, 6) is 1.46. The van der Waals surface area contributed by atoms with E-state index in [9.17, 15) is 0 Å². The molecule has 0 fully saturated rings. The van der Waals surface area contributed by atoms with E-state index in [1.165, 1.54) is 69.4 Å². The molecule has 336 valence electrons. The topological polar surface area (TPSA) is 28.4 Å². The molecule has 4 aromatic carbocycles. The van der Waals surface area contributed by atoms with Gasteiger partial charge < -0.3 is 14.6 Å². The number of benzene rings is 3. The van der Waals surface area contributed by atoms with Crippen LogP contribution in [0.15, 0.2) is 162 Å². The second kappa shape index (κ2) is 25.3. The van der Waals surface area contributed by atoms with Crippen molar-refractivity contribution in [1.29, 1.82) is 0 Å². The number of furan rings is 1. The maximum Gasteiger partial charge on any atom is 0.142 e. The number of hydrogen-bond acceptors (Lipinski definition) is 3. The van der Waals surface area contributed by atoms with Gasteiger partial charge in [-0.3, -0.25) is 0 Å². The molecule has 3 nitrogen and oxygen atoms in total. The van der Waals surface area contributed by atoms with Crippen LogP contribution in [-0.4, -0.2) is 6.54 Å². The fourth-order valence-electron chi connectivity index (χ4n) is 8.77. The summed E-state index contributed by atoms with van der Waals surface area (Å²) in [4.78, 5) is 2.34. The maximum absolute atomic E-state index is 6.33. The van der Waals surface area contributed by atoms with Crippen molar-refractivity contribution in [2.45, 2.75) is 132 Å². The smallest absolute Gasteiger partial charge is 0.142 e. The molecular weight excluding hydrogens is 777 g/mol. The van der Waals surface area contributed by atoms with E-state index in [-0.39, 0.29) is 11.5 Å². The number of rotatable bonds is 18. The summed E-state index contributed by atoms with van der Waals surface area (Å²) < 4.78 is 6.33. The summed E-state index contributed by atoms with van der Waals surface area (Å²) in [5.41, 5.74) is 14.2. The minimum atomic E-state index is -0.278. The molecule has 0 radical (unpaired) electrons. The Bertz CT molecular complexity index is 2400. The Morgan fingerprint density at radius 3 is 2.19 bits per heavy atom. The third-order valence-corrected chi connectivity index (χ3v) is 12.5. The molecule has 0 aliphatic carbocycles. The monoisotopic (exact) mass is 853 g/mol. The minimum absolute atomic E-state index is 0.231. The Hall–Kier alpha value is -5.98. The summed E-state index contributed by atoms with van der Waals surface area (Å²) in [6.45, 7) is 33.2. The SMILES string of the molecule is C/C=C\c1oc2c(-c3ccc(N(CC)c4ccc(C5C=CC=CN5)cc4)cc3)cccc2c1CC.C=C/C(=C\C=C(\C)CC)C(CC)(C(=C)C)c1c#cccc1C(C)CCCC.CC. The lowest BCUT2D eigenvalue weighted by molar-refractivity contribution is 0.554. The minimum Gasteiger partial charge on any atom is -0.456 e. The van der Waals surface area contributed by atoms with Gasteiger partial charge in [-0.15, -0.1) is 0 Å². The lowest BCUT2D eigenvalue weighted by Gasteiger charge is -2.37. The summed E-state index contributed by atoms with van der Waals surface area (Å²) in [7, 11) is 0. The van der Waals surface area contributed by atoms with Gasteiger partial charge in [-0.05, 0) is 136 Å². The van der Waals surface area contributed by atoms with Gasteiger partial charge in [0.1, 0.15) is 11.3 Å². The van der Waals surface area contributed by atoms with Gasteiger partial charge in [0.25, 0.3) is 0 Å². The zero-order valence-corrected chi connectivity index (χ0v) is 41.1. The van der Waals surface area contributed by atoms with Crippen molar-refractivity contribution < 1.29 is 4.42 Å². The average Bonchev–Trinajstić information content (AvgIpc) is 3.71. The van der Waals surface area contributed by atoms with E-state index < -0.39 is 0 Å². The Balaban J connectivity index is 0.000000280. The van der Waals surface area contributed by atoms with Gasteiger partial charge in [0.05, 0.1) is 6.04 Å². The maximum atomic E-state index is 6.33. The molecule has 6 rings (SSSR count). The van der Waals surface area contributed by atoms with Gasteiger partial charge in [0.2, 0.25) is 0 Å². The molecule has 3 heteroatoms. The number of allylic oxidation sites excluding steroid dienone is 9. The van der Waals surface area contributed by atoms with Gasteiger partial charge in [-0.25, -0.2) is 0 Å². The number of hydrogen-bond donors (Lipinski definition) is 1. The molecule has 3 atom stereocenters. The van der Waals surface area contributed by atoms with Crippen molar-refractivity contribution in [3.8, 4) is 11.1 Å². The molecule has 0 spiro atoms. The van der Waals surface area contributed by atoms with Crippen LogP contribution >= 0.6 is 0 Å². The molecule has 0 bridgehead atoms. The molecule has 5 aromatic rings. The number of anilines is 2. The van der Waals surface area contributed by atoms with Crippen LogP contribution in [0.1, 0.15) is 148 Å². The van der Waals surface area contributed by atoms with E-state index in [0.717, 1.165) is 53.9 Å². The van der Waals surface area contributed by atoms with Crippen LogP contribution < -0.4 is 10.2 Å². The first kappa shape index (κ1) is 50.7. The van der Waals surface area contributed by atoms with E-state index >= 15 is 0 Å². The highest BCUT2D eigenvalue weighted by Gasteiger charge is 2.37. The summed E-state index contributed by atoms with van der Waals surface area (Å²) in [6.07, 6.45) is 25.4. The summed E-state index contributed by atoms with van der Waals surface area (Å²) in [5, 5.41) is 4.59. The summed E-state index contributed by atoms with van der Waals surface area (Å²) >= 11 is 0. The van der Waals surface area contributed by atoms with Gasteiger partial charge >= 0.3 is 0 Å². The van der Waals surface area contributed by atoms with E-state index in [0.29, 0.717) is 5.92 Å². The fraction of sp³-hybridized carbons (Fsp3) is 0.344. The van der Waals surface area contributed by atoms with Crippen LogP contribution in [0.3, 0.4) is 0 Å². The lowest BCUT2D eigenvalue weighted by atomic mass is 9.65. The first-order chi connectivity index (χ1) is 31.1. The first-order valence-electron chi connectivity index (χ1n) is 23.9. The molecule has 2 heterocycles. The highest BCUT2D eigenvalue weighted by atomic mass is 16.3. The third-order valence-electron chi connectivity index (χ3n) is 12.5. The standard InChI is InChI=1S/C32H32N2O.C27H38.C2H6/c1-4-10-31-27(5-2)29-12-9-11-28(32(29)35-31)23-14-18-25(19-15-23)34(6-3)26-20-16-24(17-21-26)30-13-7-8-22-33-30;1-9-13-16-23(8)25-17-14-15-18-26(25)27(12-4,21(5)6)24(11-3)20-19-22(7)10-2;1-2/h4,7-22,30,33H,5-6H2,1-3H3;11,14,17,19-20,23H,3,5,9-10,12-13,16H2,1-2,4,6-8H3;1-2H3/b10-4-;22-19-,24-20+;. The number of nitrogens with one attached hydrogen (secondary N) is 1. The number of nitrogens with zero attached hydrogens (tertiary/aromatic N) is 1. The van der Waals surface area contributed by atoms with Gasteiger partial charge in [-0.1, -0.05) is 177 Å². The Kier molecular flexibility index (Phi) is 20.1. The van der Waals surface area contributed by atoms with Crippen LogP contribution in [0.4, 0.5) is 11.4 Å². The lowest BCUT2D eigenvalue weighted by Crippen LogP contribution is -2.30. The molecule has 0 saturated carbocycles. The molecule has 0 saturated heterocycles. The molecule has 0 amide bonds. The summed E-state index contributed by atoms with van der Waals surface area (Å²) in [6, 6.07) is 35.3. The van der Waals surface area contributed by atoms with Crippen molar-refractivity contribution in [2.75, 3.05) is 11.4 Å². The van der Waals surface area contributed by atoms with E-state index in [1.54, 1.807) is 0 Å². The zero-order valence-electron chi connectivity index (χ0n) is 41.1. The molecule has 1 aliphatic heterocycles. The van der Waals surface area contributed by atoms with Crippen molar-refractivity contribution in [3.05, 3.63) is 198 Å². The van der Waals surface area contributed by atoms with Gasteiger partial charge in [0, 0.05) is 45.4 Å². The van der Waals surface area contributed by atoms with Crippen molar-refractivity contribution in [1.82, 2.24) is 5.32 Å². The second-order valence-corrected chi connectivity index (χ2v) is 16.5. The highest BCUT2D eigenvalue weighted by Crippen LogP contribution is 2.45. The number of para-hydroxylation sites is 1. The van der Waals surface area contributed by atoms with Crippen LogP contribution in [0, 0.1) is 12.1 Å². The van der Waals surface area contributed by atoms with E-state index in [4.69, 9.17) is 4.42 Å². The molecule has 1 aliphatic rings. The Morgan fingerprint density at radius 1 is 0.922 bits per heavy atom. The quantitative estimate of drug-likeness (QED) is 0.0703. The molecular formula is C61H76N2O. The van der Waals surface area contributed by atoms with Crippen LogP contribution in [0.2, 0.25) is 0 Å². The van der Waals surface area contributed by atoms with Crippen LogP contribution in [0.25, 0.3) is 28.2 Å². The zero-order chi connectivity index (χ0) is 46.6. The molecule has 3 unspecified atom stereocenters. The van der Waals surface area contributed by atoms with Crippen molar-refractivity contribution in [3.63, 3.8) is 0 Å². The van der Waals surface area contributed by atoms with E-state index in [2.05, 4.69) is 194 Å². The predicted octanol–water partition coefficient (Wildman–Crippen LogP) is 17.9. The molecule has 64 heavy (non-hydrogen) atoms. The number of aryl methyl sites for hydroxylation is 1. The normalized spacial score (nSPS) is 15.0. The molecule has 1 N–H and O–H groups in total. The Labute approximate surface area is 388 Å². The van der Waals surface area contributed by atoms with Crippen LogP contribution in [0.5, 0.6) is 0 Å². The number of dihydropyridines is 1. The Morgan fingerprint density at radius 2 is 1.62 bits per heavy atom. The third kappa shape index (κ3) is 11.8. The first-order valence-corrected chi connectivity index (χ1v) is 23.9. The highest BCUT2D eigenvalue weighted by molar-refractivity contribution is 5.96. The fourth-order valence-corrected chi connectivity index (χ4v) is 8.77. The number of unbranched alkanes of at least 4 members (excludes halogenated alkanes) is 1. The molecule has 1 aromatic heterocycles.